The third-order valence-electron chi connectivity index (χ3n) is 7.54. The van der Waals surface area contributed by atoms with Gasteiger partial charge in [-0.05, 0) is 73.7 Å². The minimum atomic E-state index is -4.60. The van der Waals surface area contributed by atoms with Crippen molar-refractivity contribution in [3.8, 4) is 22.7 Å². The third kappa shape index (κ3) is 5.76. The van der Waals surface area contributed by atoms with Gasteiger partial charge in [-0.2, -0.15) is 21.6 Å². The molecule has 0 atom stereocenters. The van der Waals surface area contributed by atoms with E-state index in [0.717, 1.165) is 59.7 Å². The van der Waals surface area contributed by atoms with Crippen molar-refractivity contribution >= 4 is 16.0 Å². The Labute approximate surface area is 232 Å². The first kappa shape index (κ1) is 28.2. The largest absolute Gasteiger partial charge is 0.390 e. The molecule has 2 aromatic carbocycles. The van der Waals surface area contributed by atoms with Gasteiger partial charge in [0.1, 0.15) is 5.75 Å². The van der Waals surface area contributed by atoms with Crippen molar-refractivity contribution in [2.45, 2.75) is 52.1 Å². The number of fused-ring (bicyclic) bond motifs is 1. The summed E-state index contributed by atoms with van der Waals surface area (Å²) in [5, 5.41) is 4.04. The van der Waals surface area contributed by atoms with Gasteiger partial charge in [-0.3, -0.25) is 9.80 Å². The van der Waals surface area contributed by atoms with Crippen LogP contribution in [0.5, 0.6) is 5.75 Å². The van der Waals surface area contributed by atoms with Gasteiger partial charge in [0.05, 0.1) is 23.4 Å². The van der Waals surface area contributed by atoms with Crippen molar-refractivity contribution in [1.82, 2.24) is 14.6 Å². The second kappa shape index (κ2) is 10.9. The van der Waals surface area contributed by atoms with Crippen molar-refractivity contribution in [2.75, 3.05) is 25.4 Å². The average Bonchev–Trinajstić information content (AvgIpc) is 3.21. The van der Waals surface area contributed by atoms with E-state index in [1.165, 1.54) is 18.6 Å². The number of rotatable bonds is 7. The number of carbonyl (C=O) groups excluding carboxylic acids is 1. The van der Waals surface area contributed by atoms with E-state index in [-0.39, 0.29) is 11.7 Å². The minimum absolute atomic E-state index is 0.0232. The molecule has 7 nitrogen and oxygen atoms in total. The Morgan fingerprint density at radius 3 is 2.25 bits per heavy atom. The number of piperidine rings is 1. The number of aromatic nitrogens is 1. The predicted molar refractivity (Wildman–Crippen MR) is 146 cm³/mol. The first-order valence-electron chi connectivity index (χ1n) is 13.4. The normalized spacial score (nSPS) is 16.7. The van der Waals surface area contributed by atoms with Gasteiger partial charge in [-0.15, -0.1) is 0 Å². The molecule has 5 rings (SSSR count). The summed E-state index contributed by atoms with van der Waals surface area (Å²) in [4.78, 5) is 13.9. The first-order chi connectivity index (χ1) is 19.0. The zero-order valence-corrected chi connectivity index (χ0v) is 23.3. The van der Waals surface area contributed by atoms with E-state index >= 15 is 0 Å². The fraction of sp³-hybridized carbons (Fsp3) is 0.414. The van der Waals surface area contributed by atoms with Crippen molar-refractivity contribution in [3.05, 3.63) is 70.9 Å². The van der Waals surface area contributed by atoms with Crippen LogP contribution in [-0.4, -0.2) is 60.5 Å². The second-order valence-electron chi connectivity index (χ2n) is 10.3. The van der Waals surface area contributed by atoms with E-state index in [0.29, 0.717) is 18.5 Å². The number of nitrogens with zero attached hydrogens (tertiary/aromatic N) is 3. The highest BCUT2D eigenvalue weighted by atomic mass is 32.2. The molecular formula is C29H32F3N3O4S. The predicted octanol–water partition coefficient (Wildman–Crippen LogP) is 5.82. The Morgan fingerprint density at radius 2 is 1.60 bits per heavy atom. The van der Waals surface area contributed by atoms with Crippen LogP contribution in [-0.2, 0) is 16.5 Å². The SMILES string of the molecule is Cc1ccccc1-n1c2c(c(C)c1-c1ccc(OS(=O)(=O)CCC(F)(F)F)cc1)C(=O)N(N1CCCCC1)CC2. The summed E-state index contributed by atoms with van der Waals surface area (Å²) < 4.78 is 68.8. The molecule has 0 unspecified atom stereocenters. The number of benzene rings is 2. The molecule has 3 heterocycles. The summed E-state index contributed by atoms with van der Waals surface area (Å²) in [6.45, 7) is 6.24. The van der Waals surface area contributed by atoms with Gasteiger partial charge >= 0.3 is 16.3 Å². The summed E-state index contributed by atoms with van der Waals surface area (Å²) in [5.41, 5.74) is 5.92. The molecule has 1 aromatic heterocycles. The number of hydrogen-bond donors (Lipinski definition) is 0. The van der Waals surface area contributed by atoms with Gasteiger partial charge in [-0.1, -0.05) is 24.6 Å². The summed E-state index contributed by atoms with van der Waals surface area (Å²) >= 11 is 0. The maximum absolute atomic E-state index is 13.9. The molecular weight excluding hydrogens is 543 g/mol. The van der Waals surface area contributed by atoms with E-state index in [1.807, 2.05) is 43.1 Å². The monoisotopic (exact) mass is 575 g/mol. The lowest BCUT2D eigenvalue weighted by Crippen LogP contribution is -2.51. The van der Waals surface area contributed by atoms with Gasteiger partial charge in [0.15, 0.2) is 0 Å². The van der Waals surface area contributed by atoms with E-state index in [9.17, 15) is 26.4 Å². The molecule has 3 aromatic rings. The maximum Gasteiger partial charge on any atom is 0.390 e. The zero-order chi connectivity index (χ0) is 28.7. The molecule has 1 amide bonds. The molecule has 40 heavy (non-hydrogen) atoms. The third-order valence-corrected chi connectivity index (χ3v) is 8.69. The lowest BCUT2D eigenvalue weighted by atomic mass is 10.0. The highest BCUT2D eigenvalue weighted by Gasteiger charge is 2.36. The highest BCUT2D eigenvalue weighted by Crippen LogP contribution is 2.39. The Morgan fingerprint density at radius 1 is 0.925 bits per heavy atom. The maximum atomic E-state index is 13.9. The van der Waals surface area contributed by atoms with Gasteiger partial charge in [0.2, 0.25) is 0 Å². The van der Waals surface area contributed by atoms with Gasteiger partial charge in [-0.25, -0.2) is 5.01 Å². The fourth-order valence-electron chi connectivity index (χ4n) is 5.62. The van der Waals surface area contributed by atoms with Crippen LogP contribution in [0.4, 0.5) is 13.2 Å². The van der Waals surface area contributed by atoms with Crippen LogP contribution in [0, 0.1) is 13.8 Å². The van der Waals surface area contributed by atoms with Crippen LogP contribution in [0.2, 0.25) is 0 Å². The van der Waals surface area contributed by atoms with E-state index < -0.39 is 28.5 Å². The quantitative estimate of drug-likeness (QED) is 0.332. The Bertz CT molecular complexity index is 1510. The molecule has 0 bridgehead atoms. The topological polar surface area (TPSA) is 71.8 Å². The number of carbonyl (C=O) groups is 1. The van der Waals surface area contributed by atoms with Crippen LogP contribution in [0.1, 0.15) is 52.9 Å². The number of hydrogen-bond acceptors (Lipinski definition) is 5. The zero-order valence-electron chi connectivity index (χ0n) is 22.5. The van der Waals surface area contributed by atoms with Crippen LogP contribution < -0.4 is 4.18 Å². The number of amides is 1. The second-order valence-corrected chi connectivity index (χ2v) is 12.0. The summed E-state index contributed by atoms with van der Waals surface area (Å²) in [6.07, 6.45) is -2.12. The average molecular weight is 576 g/mol. The standard InChI is InChI=1S/C29H32F3N3O4S/c1-20-8-4-5-9-24(20)35-25-14-18-34(33-16-6-3-7-17-33)28(36)26(25)21(2)27(35)22-10-12-23(13-11-22)39-40(37,38)19-15-29(30,31)32/h4-5,8-13H,3,6-7,14-19H2,1-2H3. The van der Waals surface area contributed by atoms with Crippen molar-refractivity contribution in [2.24, 2.45) is 0 Å². The first-order valence-corrected chi connectivity index (χ1v) is 15.0. The lowest BCUT2D eigenvalue weighted by Gasteiger charge is -2.39. The summed E-state index contributed by atoms with van der Waals surface area (Å²) in [7, 11) is -4.42. The Hall–Kier alpha value is -3.31. The molecule has 0 saturated carbocycles. The van der Waals surface area contributed by atoms with E-state index in [2.05, 4.69) is 9.58 Å². The number of halogens is 3. The van der Waals surface area contributed by atoms with Crippen LogP contribution >= 0.6 is 0 Å². The molecule has 1 fully saturated rings. The van der Waals surface area contributed by atoms with Crippen molar-refractivity contribution < 1.29 is 30.6 Å². The van der Waals surface area contributed by atoms with Crippen molar-refractivity contribution in [1.29, 1.82) is 0 Å². The molecule has 0 N–H and O–H groups in total. The molecule has 1 saturated heterocycles. The van der Waals surface area contributed by atoms with Crippen LogP contribution in [0.15, 0.2) is 48.5 Å². The molecule has 11 heteroatoms. The van der Waals surface area contributed by atoms with E-state index in [4.69, 9.17) is 4.18 Å². The molecule has 214 valence electrons. The lowest BCUT2D eigenvalue weighted by molar-refractivity contribution is -0.130. The van der Waals surface area contributed by atoms with Crippen molar-refractivity contribution in [3.63, 3.8) is 0 Å². The van der Waals surface area contributed by atoms with E-state index in [1.54, 1.807) is 12.1 Å². The summed E-state index contributed by atoms with van der Waals surface area (Å²) in [6, 6.07) is 14.1. The number of para-hydroxylation sites is 1. The number of hydrazine groups is 1. The van der Waals surface area contributed by atoms with Gasteiger partial charge in [0.25, 0.3) is 5.91 Å². The smallest absolute Gasteiger partial charge is 0.382 e. The molecule has 2 aliphatic rings. The minimum Gasteiger partial charge on any atom is -0.382 e. The number of alkyl halides is 3. The molecule has 0 spiro atoms. The van der Waals surface area contributed by atoms with Crippen LogP contribution in [0.3, 0.4) is 0 Å². The molecule has 0 aliphatic carbocycles. The molecule has 0 radical (unpaired) electrons. The Kier molecular flexibility index (Phi) is 7.71. The molecule has 2 aliphatic heterocycles. The fourth-order valence-corrected chi connectivity index (χ4v) is 6.59. The van der Waals surface area contributed by atoms with Gasteiger partial charge < -0.3 is 8.75 Å². The van der Waals surface area contributed by atoms with Gasteiger partial charge in [0, 0.05) is 37.4 Å². The summed E-state index contributed by atoms with van der Waals surface area (Å²) in [5.74, 6) is -1.25. The number of aryl methyl sites for hydroxylation is 1. The highest BCUT2D eigenvalue weighted by molar-refractivity contribution is 7.87. The van der Waals surface area contributed by atoms with Crippen LogP contribution in [0.25, 0.3) is 16.9 Å². The Balaban J connectivity index is 1.53.